The number of aromatic nitrogens is 1. The third-order valence-electron chi connectivity index (χ3n) is 2.29. The van der Waals surface area contributed by atoms with E-state index in [1.165, 1.54) is 0 Å². The van der Waals surface area contributed by atoms with Crippen molar-refractivity contribution in [3.63, 3.8) is 0 Å². The van der Waals surface area contributed by atoms with Crippen LogP contribution < -0.4 is 10.6 Å². The maximum absolute atomic E-state index is 5.94. The first-order chi connectivity index (χ1) is 7.18. The van der Waals surface area contributed by atoms with Gasteiger partial charge in [0.2, 0.25) is 0 Å². The summed E-state index contributed by atoms with van der Waals surface area (Å²) in [6, 6.07) is 9.82. The van der Waals surface area contributed by atoms with Gasteiger partial charge in [-0.15, -0.1) is 0 Å². The maximum atomic E-state index is 5.94. The summed E-state index contributed by atoms with van der Waals surface area (Å²) < 4.78 is 0.989. The van der Waals surface area contributed by atoms with Gasteiger partial charge >= 0.3 is 0 Å². The molecule has 0 aliphatic carbocycles. The van der Waals surface area contributed by atoms with E-state index in [0.29, 0.717) is 0 Å². The molecule has 2 rings (SSSR count). The summed E-state index contributed by atoms with van der Waals surface area (Å²) in [5.74, 6) is 1.02. The van der Waals surface area contributed by atoms with Crippen molar-refractivity contribution in [3.05, 3.63) is 41.0 Å². The van der Waals surface area contributed by atoms with Crippen LogP contribution in [0.25, 0.3) is 0 Å². The van der Waals surface area contributed by atoms with E-state index in [9.17, 15) is 0 Å². The fraction of sp³-hybridized carbons (Fsp3) is 0.0909. The number of anilines is 3. The number of halogens is 1. The SMILES string of the molecule is CN(c1ccc[nH]1)c1ccc(Br)cc1N. The molecule has 1 aromatic heterocycles. The van der Waals surface area contributed by atoms with Crippen LogP contribution >= 0.6 is 15.9 Å². The van der Waals surface area contributed by atoms with E-state index in [1.807, 2.05) is 48.5 Å². The number of nitrogens with zero attached hydrogens (tertiary/aromatic N) is 1. The normalized spacial score (nSPS) is 10.3. The Morgan fingerprint density at radius 2 is 2.13 bits per heavy atom. The van der Waals surface area contributed by atoms with E-state index >= 15 is 0 Å². The lowest BCUT2D eigenvalue weighted by atomic mass is 10.2. The van der Waals surface area contributed by atoms with Gasteiger partial charge in [0.05, 0.1) is 11.4 Å². The highest BCUT2D eigenvalue weighted by atomic mass is 79.9. The molecule has 0 saturated heterocycles. The van der Waals surface area contributed by atoms with Crippen LogP contribution in [0.5, 0.6) is 0 Å². The van der Waals surface area contributed by atoms with Crippen molar-refractivity contribution in [2.24, 2.45) is 0 Å². The summed E-state index contributed by atoms with van der Waals surface area (Å²) in [4.78, 5) is 5.15. The number of nitrogens with two attached hydrogens (primary N) is 1. The Hall–Kier alpha value is -1.42. The van der Waals surface area contributed by atoms with Crippen LogP contribution in [0.3, 0.4) is 0 Å². The number of rotatable bonds is 2. The third kappa shape index (κ3) is 1.99. The lowest BCUT2D eigenvalue weighted by molar-refractivity contribution is 1.15. The molecule has 4 heteroatoms. The molecule has 0 amide bonds. The van der Waals surface area contributed by atoms with Gasteiger partial charge in [-0.25, -0.2) is 0 Å². The molecule has 0 atom stereocenters. The van der Waals surface area contributed by atoms with Gasteiger partial charge in [-0.2, -0.15) is 0 Å². The van der Waals surface area contributed by atoms with E-state index in [2.05, 4.69) is 20.9 Å². The van der Waals surface area contributed by atoms with Crippen molar-refractivity contribution in [2.75, 3.05) is 17.7 Å². The summed E-state index contributed by atoms with van der Waals surface area (Å²) in [5, 5.41) is 0. The second-order valence-electron chi connectivity index (χ2n) is 3.32. The van der Waals surface area contributed by atoms with Gasteiger partial charge in [-0.1, -0.05) is 15.9 Å². The fourth-order valence-corrected chi connectivity index (χ4v) is 1.87. The number of hydrogen-bond donors (Lipinski definition) is 2. The molecule has 1 heterocycles. The highest BCUT2D eigenvalue weighted by Gasteiger charge is 2.07. The van der Waals surface area contributed by atoms with Crippen LogP contribution in [0.15, 0.2) is 41.0 Å². The second-order valence-corrected chi connectivity index (χ2v) is 4.23. The predicted molar refractivity (Wildman–Crippen MR) is 67.4 cm³/mol. The molecule has 0 bridgehead atoms. The zero-order valence-corrected chi connectivity index (χ0v) is 9.95. The Bertz CT molecular complexity index is 451. The predicted octanol–water partition coefficient (Wildman–Crippen LogP) is 3.13. The number of aromatic amines is 1. The van der Waals surface area contributed by atoms with Crippen molar-refractivity contribution in [1.29, 1.82) is 0 Å². The fourth-order valence-electron chi connectivity index (χ4n) is 1.49. The van der Waals surface area contributed by atoms with E-state index in [-0.39, 0.29) is 0 Å². The van der Waals surface area contributed by atoms with Gasteiger partial charge in [0.25, 0.3) is 0 Å². The molecule has 2 aromatic rings. The van der Waals surface area contributed by atoms with Gasteiger partial charge in [0, 0.05) is 17.7 Å². The van der Waals surface area contributed by atoms with Crippen LogP contribution in [0.1, 0.15) is 0 Å². The molecule has 0 aliphatic heterocycles. The summed E-state index contributed by atoms with van der Waals surface area (Å²) in [7, 11) is 1.98. The van der Waals surface area contributed by atoms with Crippen molar-refractivity contribution < 1.29 is 0 Å². The summed E-state index contributed by atoms with van der Waals surface area (Å²) in [6.45, 7) is 0. The molecule has 0 fully saturated rings. The van der Waals surface area contributed by atoms with Crippen LogP contribution in [0.2, 0.25) is 0 Å². The van der Waals surface area contributed by atoms with E-state index in [4.69, 9.17) is 5.73 Å². The Balaban J connectivity index is 2.38. The monoisotopic (exact) mass is 265 g/mol. The molecule has 0 aliphatic rings. The molecular formula is C11H12BrN3. The molecule has 1 aromatic carbocycles. The molecule has 78 valence electrons. The molecule has 0 saturated carbocycles. The van der Waals surface area contributed by atoms with Gasteiger partial charge in [0.1, 0.15) is 5.82 Å². The topological polar surface area (TPSA) is 45.0 Å². The highest BCUT2D eigenvalue weighted by molar-refractivity contribution is 9.10. The molecule has 0 spiro atoms. The van der Waals surface area contributed by atoms with Crippen molar-refractivity contribution in [2.45, 2.75) is 0 Å². The Morgan fingerprint density at radius 1 is 1.33 bits per heavy atom. The number of hydrogen-bond acceptors (Lipinski definition) is 2. The van der Waals surface area contributed by atoms with Gasteiger partial charge in [-0.05, 0) is 30.3 Å². The standard InChI is InChI=1S/C11H12BrN3/c1-15(11-3-2-6-14-11)10-5-4-8(12)7-9(10)13/h2-7,14H,13H2,1H3. The smallest absolute Gasteiger partial charge is 0.110 e. The zero-order valence-electron chi connectivity index (χ0n) is 8.37. The number of H-pyrrole nitrogens is 1. The van der Waals surface area contributed by atoms with Crippen LogP contribution in [-0.2, 0) is 0 Å². The first-order valence-electron chi connectivity index (χ1n) is 4.60. The van der Waals surface area contributed by atoms with E-state index in [1.54, 1.807) is 0 Å². The largest absolute Gasteiger partial charge is 0.397 e. The molecule has 0 radical (unpaired) electrons. The average Bonchev–Trinajstić information content (AvgIpc) is 2.69. The van der Waals surface area contributed by atoms with Crippen molar-refractivity contribution in [3.8, 4) is 0 Å². The second kappa shape index (κ2) is 3.98. The van der Waals surface area contributed by atoms with Crippen molar-refractivity contribution >= 4 is 33.1 Å². The van der Waals surface area contributed by atoms with Crippen LogP contribution in [0, 0.1) is 0 Å². The minimum absolute atomic E-state index is 0.751. The number of nitrogen functional groups attached to an aromatic ring is 1. The highest BCUT2D eigenvalue weighted by Crippen LogP contribution is 2.29. The van der Waals surface area contributed by atoms with Gasteiger partial charge < -0.3 is 15.6 Å². The quantitative estimate of drug-likeness (QED) is 0.820. The Kier molecular flexibility index (Phi) is 2.68. The Morgan fingerprint density at radius 3 is 2.73 bits per heavy atom. The third-order valence-corrected chi connectivity index (χ3v) is 2.79. The van der Waals surface area contributed by atoms with E-state index in [0.717, 1.165) is 21.7 Å². The lowest BCUT2D eigenvalue weighted by Gasteiger charge is -2.19. The molecule has 3 N–H and O–H groups in total. The first-order valence-corrected chi connectivity index (χ1v) is 5.40. The van der Waals surface area contributed by atoms with Gasteiger partial charge in [0.15, 0.2) is 0 Å². The van der Waals surface area contributed by atoms with Crippen LogP contribution in [0.4, 0.5) is 17.2 Å². The first kappa shape index (κ1) is 10.1. The molecule has 3 nitrogen and oxygen atoms in total. The molecular weight excluding hydrogens is 254 g/mol. The number of nitrogens with one attached hydrogen (secondary N) is 1. The minimum Gasteiger partial charge on any atom is -0.397 e. The van der Waals surface area contributed by atoms with E-state index < -0.39 is 0 Å². The Labute approximate surface area is 97.0 Å². The summed E-state index contributed by atoms with van der Waals surface area (Å²) >= 11 is 3.39. The summed E-state index contributed by atoms with van der Waals surface area (Å²) in [6.07, 6.45) is 1.89. The molecule has 15 heavy (non-hydrogen) atoms. The number of benzene rings is 1. The lowest BCUT2D eigenvalue weighted by Crippen LogP contribution is -2.11. The molecule has 0 unspecified atom stereocenters. The zero-order chi connectivity index (χ0) is 10.8. The minimum atomic E-state index is 0.751. The van der Waals surface area contributed by atoms with Crippen LogP contribution in [-0.4, -0.2) is 12.0 Å². The van der Waals surface area contributed by atoms with Crippen molar-refractivity contribution in [1.82, 2.24) is 4.98 Å². The average molecular weight is 266 g/mol. The van der Waals surface area contributed by atoms with Gasteiger partial charge in [-0.3, -0.25) is 0 Å². The maximum Gasteiger partial charge on any atom is 0.110 e. The summed E-state index contributed by atoms with van der Waals surface area (Å²) in [5.41, 5.74) is 7.68.